The number of esters is 1. The maximum absolute atomic E-state index is 13.0. The summed E-state index contributed by atoms with van der Waals surface area (Å²) in [5.74, 6) is 0.594. The molecule has 0 radical (unpaired) electrons. The number of nitrogens with zero attached hydrogens (tertiary/aromatic N) is 3. The highest BCUT2D eigenvalue weighted by Crippen LogP contribution is 2.38. The van der Waals surface area contributed by atoms with Crippen LogP contribution < -0.4 is 0 Å². The average Bonchev–Trinajstić information content (AvgIpc) is 3.24. The third-order valence-corrected chi connectivity index (χ3v) is 6.14. The molecule has 0 aliphatic carbocycles. The Bertz CT molecular complexity index is 1010. The Kier molecular flexibility index (Phi) is 6.47. The van der Waals surface area contributed by atoms with E-state index in [-0.39, 0.29) is 5.97 Å². The summed E-state index contributed by atoms with van der Waals surface area (Å²) in [5, 5.41) is 4.28. The molecule has 2 aromatic heterocycles. The minimum atomic E-state index is -0.579. The van der Waals surface area contributed by atoms with Crippen LogP contribution in [0.4, 0.5) is 0 Å². The fraction of sp³-hybridized carbons (Fsp3) is 0.400. The molecule has 3 aromatic rings. The van der Waals surface area contributed by atoms with Crippen molar-refractivity contribution < 1.29 is 14.1 Å². The standard InChI is InChI=1S/C25H29N3O3/c1-3-30-24(29)25(10-13-28(14-11-25)18-20-8-6-12-26-17-20)16-21-15-23(27-31-21)22-9-5-4-7-19(22)2/h4-9,12,15,17H,3,10-11,13-14,16,18H2,1-2H3. The molecule has 0 atom stereocenters. The summed E-state index contributed by atoms with van der Waals surface area (Å²) >= 11 is 0. The van der Waals surface area contributed by atoms with E-state index in [1.807, 2.05) is 43.5 Å². The van der Waals surface area contributed by atoms with Gasteiger partial charge in [0, 0.05) is 37.0 Å². The van der Waals surface area contributed by atoms with Crippen LogP contribution in [0.1, 0.15) is 36.7 Å². The number of hydrogen-bond donors (Lipinski definition) is 0. The fourth-order valence-corrected chi connectivity index (χ4v) is 4.34. The Morgan fingerprint density at radius 3 is 2.71 bits per heavy atom. The quantitative estimate of drug-likeness (QED) is 0.528. The average molecular weight is 420 g/mol. The third kappa shape index (κ3) is 4.85. The normalized spacial score (nSPS) is 16.2. The number of rotatable bonds is 7. The van der Waals surface area contributed by atoms with Gasteiger partial charge in [-0.15, -0.1) is 0 Å². The van der Waals surface area contributed by atoms with E-state index in [4.69, 9.17) is 9.26 Å². The van der Waals surface area contributed by atoms with Crippen molar-refractivity contribution in [2.75, 3.05) is 19.7 Å². The van der Waals surface area contributed by atoms with Gasteiger partial charge in [-0.3, -0.25) is 14.7 Å². The second-order valence-electron chi connectivity index (χ2n) is 8.31. The molecule has 1 saturated heterocycles. The number of carbonyl (C=O) groups is 1. The van der Waals surface area contributed by atoms with Crippen LogP contribution in [0.25, 0.3) is 11.3 Å². The van der Waals surface area contributed by atoms with Crippen molar-refractivity contribution in [3.8, 4) is 11.3 Å². The SMILES string of the molecule is CCOC(=O)C1(Cc2cc(-c3ccccc3C)no2)CCN(Cc2cccnc2)CC1. The molecule has 1 aliphatic heterocycles. The molecule has 0 bridgehead atoms. The van der Waals surface area contributed by atoms with Crippen molar-refractivity contribution in [2.24, 2.45) is 5.41 Å². The van der Waals surface area contributed by atoms with Crippen molar-refractivity contribution >= 4 is 5.97 Å². The van der Waals surface area contributed by atoms with E-state index in [1.54, 1.807) is 6.20 Å². The van der Waals surface area contributed by atoms with Crippen LogP contribution in [-0.4, -0.2) is 40.7 Å². The van der Waals surface area contributed by atoms with Gasteiger partial charge in [0.25, 0.3) is 0 Å². The second-order valence-corrected chi connectivity index (χ2v) is 8.31. The minimum absolute atomic E-state index is 0.134. The summed E-state index contributed by atoms with van der Waals surface area (Å²) in [6.07, 6.45) is 5.65. The molecular formula is C25H29N3O3. The highest BCUT2D eigenvalue weighted by atomic mass is 16.5. The van der Waals surface area contributed by atoms with Gasteiger partial charge in [-0.1, -0.05) is 35.5 Å². The molecule has 4 rings (SSSR count). The van der Waals surface area contributed by atoms with E-state index in [2.05, 4.69) is 34.1 Å². The molecular weight excluding hydrogens is 390 g/mol. The van der Waals surface area contributed by atoms with Crippen LogP contribution in [0.3, 0.4) is 0 Å². The van der Waals surface area contributed by atoms with E-state index < -0.39 is 5.41 Å². The first-order chi connectivity index (χ1) is 15.1. The van der Waals surface area contributed by atoms with Gasteiger partial charge in [0.1, 0.15) is 11.5 Å². The topological polar surface area (TPSA) is 68.5 Å². The van der Waals surface area contributed by atoms with E-state index in [9.17, 15) is 4.79 Å². The lowest BCUT2D eigenvalue weighted by molar-refractivity contribution is -0.159. The van der Waals surface area contributed by atoms with Gasteiger partial charge in [-0.25, -0.2) is 0 Å². The molecule has 0 unspecified atom stereocenters. The van der Waals surface area contributed by atoms with E-state index >= 15 is 0 Å². The fourth-order valence-electron chi connectivity index (χ4n) is 4.34. The zero-order valence-electron chi connectivity index (χ0n) is 18.2. The molecule has 6 nitrogen and oxygen atoms in total. The lowest BCUT2D eigenvalue weighted by atomic mass is 9.74. The zero-order chi connectivity index (χ0) is 21.7. The van der Waals surface area contributed by atoms with Gasteiger partial charge < -0.3 is 9.26 Å². The summed E-state index contributed by atoms with van der Waals surface area (Å²) in [4.78, 5) is 19.6. The molecule has 3 heterocycles. The number of aromatic nitrogens is 2. The van der Waals surface area contributed by atoms with Crippen LogP contribution in [-0.2, 0) is 22.5 Å². The van der Waals surface area contributed by atoms with Crippen LogP contribution in [0.15, 0.2) is 59.4 Å². The van der Waals surface area contributed by atoms with Crippen LogP contribution >= 0.6 is 0 Å². The molecule has 6 heteroatoms. The molecule has 0 N–H and O–H groups in total. The van der Waals surface area contributed by atoms with E-state index in [0.717, 1.165) is 55.1 Å². The summed E-state index contributed by atoms with van der Waals surface area (Å²) in [7, 11) is 0. The summed E-state index contributed by atoms with van der Waals surface area (Å²) in [6, 6.07) is 14.1. The van der Waals surface area contributed by atoms with Gasteiger partial charge in [0.05, 0.1) is 12.0 Å². The van der Waals surface area contributed by atoms with Gasteiger partial charge in [0.15, 0.2) is 0 Å². The molecule has 1 fully saturated rings. The minimum Gasteiger partial charge on any atom is -0.466 e. The predicted molar refractivity (Wildman–Crippen MR) is 118 cm³/mol. The number of pyridine rings is 1. The molecule has 0 spiro atoms. The van der Waals surface area contributed by atoms with E-state index in [1.165, 1.54) is 5.56 Å². The molecule has 0 amide bonds. The molecule has 1 aliphatic rings. The van der Waals surface area contributed by atoms with Crippen LogP contribution in [0.2, 0.25) is 0 Å². The molecule has 31 heavy (non-hydrogen) atoms. The number of hydrogen-bond acceptors (Lipinski definition) is 6. The van der Waals surface area contributed by atoms with Crippen LogP contribution in [0.5, 0.6) is 0 Å². The lowest BCUT2D eigenvalue weighted by Gasteiger charge is -2.39. The highest BCUT2D eigenvalue weighted by molar-refractivity contribution is 5.77. The zero-order valence-corrected chi connectivity index (χ0v) is 18.2. The number of benzene rings is 1. The van der Waals surface area contributed by atoms with Crippen LogP contribution in [0, 0.1) is 12.3 Å². The monoisotopic (exact) mass is 419 g/mol. The predicted octanol–water partition coefficient (Wildman–Crippen LogP) is 4.43. The Hall–Kier alpha value is -2.99. The summed E-state index contributed by atoms with van der Waals surface area (Å²) in [5.41, 5.74) is 3.61. The highest BCUT2D eigenvalue weighted by Gasteiger charge is 2.43. The number of aryl methyl sites for hydroxylation is 1. The van der Waals surface area contributed by atoms with Crippen molar-refractivity contribution in [1.82, 2.24) is 15.0 Å². The van der Waals surface area contributed by atoms with Gasteiger partial charge in [-0.2, -0.15) is 0 Å². The Labute approximate surface area is 183 Å². The summed E-state index contributed by atoms with van der Waals surface area (Å²) in [6.45, 7) is 6.78. The van der Waals surface area contributed by atoms with Gasteiger partial charge in [0.2, 0.25) is 0 Å². The number of likely N-dealkylation sites (tertiary alicyclic amines) is 1. The van der Waals surface area contributed by atoms with Gasteiger partial charge >= 0.3 is 5.97 Å². The number of ether oxygens (including phenoxy) is 1. The first kappa shape index (κ1) is 21.2. The van der Waals surface area contributed by atoms with E-state index in [0.29, 0.717) is 13.0 Å². The van der Waals surface area contributed by atoms with Crippen molar-refractivity contribution in [2.45, 2.75) is 39.7 Å². The van der Waals surface area contributed by atoms with Crippen molar-refractivity contribution in [1.29, 1.82) is 0 Å². The molecule has 162 valence electrons. The molecule has 0 saturated carbocycles. The third-order valence-electron chi connectivity index (χ3n) is 6.14. The molecule has 1 aromatic carbocycles. The Morgan fingerprint density at radius 1 is 1.19 bits per heavy atom. The second kappa shape index (κ2) is 9.43. The Morgan fingerprint density at radius 2 is 2.00 bits per heavy atom. The smallest absolute Gasteiger partial charge is 0.312 e. The maximum Gasteiger partial charge on any atom is 0.312 e. The first-order valence-electron chi connectivity index (χ1n) is 10.9. The lowest BCUT2D eigenvalue weighted by Crippen LogP contribution is -2.46. The largest absolute Gasteiger partial charge is 0.466 e. The number of piperidine rings is 1. The maximum atomic E-state index is 13.0. The Balaban J connectivity index is 1.49. The summed E-state index contributed by atoms with van der Waals surface area (Å²) < 4.78 is 11.2. The van der Waals surface area contributed by atoms with Crippen molar-refractivity contribution in [3.05, 3.63) is 71.7 Å². The van der Waals surface area contributed by atoms with Gasteiger partial charge in [-0.05, 0) is 57.0 Å². The first-order valence-corrected chi connectivity index (χ1v) is 10.9. The number of carbonyl (C=O) groups excluding carboxylic acids is 1. The van der Waals surface area contributed by atoms with Crippen molar-refractivity contribution in [3.63, 3.8) is 0 Å².